The van der Waals surface area contributed by atoms with E-state index in [1.807, 2.05) is 17.5 Å². The Kier molecular flexibility index (Phi) is 7.30. The van der Waals surface area contributed by atoms with Gasteiger partial charge in [0.15, 0.2) is 0 Å². The van der Waals surface area contributed by atoms with Crippen LogP contribution in [-0.4, -0.2) is 12.1 Å². The van der Waals surface area contributed by atoms with Gasteiger partial charge in [0.05, 0.1) is 6.21 Å². The zero-order valence-electron chi connectivity index (χ0n) is 10.3. The molecule has 1 rings (SSSR count). The van der Waals surface area contributed by atoms with Crippen molar-refractivity contribution in [2.45, 2.75) is 45.4 Å². The summed E-state index contributed by atoms with van der Waals surface area (Å²) in [7, 11) is 0. The number of amides is 1. The Morgan fingerprint density at radius 2 is 2.24 bits per heavy atom. The van der Waals surface area contributed by atoms with Gasteiger partial charge in [-0.25, -0.2) is 5.43 Å². The van der Waals surface area contributed by atoms with Gasteiger partial charge in [0, 0.05) is 11.3 Å². The number of thiophene rings is 1. The van der Waals surface area contributed by atoms with Crippen LogP contribution < -0.4 is 5.43 Å². The van der Waals surface area contributed by atoms with E-state index in [4.69, 9.17) is 0 Å². The second kappa shape index (κ2) is 8.93. The summed E-state index contributed by atoms with van der Waals surface area (Å²) in [6, 6.07) is 3.92. The molecule has 1 heterocycles. The van der Waals surface area contributed by atoms with E-state index in [9.17, 15) is 4.79 Å². The number of hydrazone groups is 1. The maximum atomic E-state index is 11.4. The standard InChI is InChI=1S/C13H20N2OS/c1-2-3-4-5-6-9-13(16)15-14-11-12-8-7-10-17-12/h7-8,10-11H,2-6,9H2,1H3,(H,15,16)/b14-11+. The number of hydrogen-bond donors (Lipinski definition) is 1. The Bertz CT molecular complexity index is 333. The number of hydrogen-bond acceptors (Lipinski definition) is 3. The summed E-state index contributed by atoms with van der Waals surface area (Å²) in [5, 5.41) is 5.90. The van der Waals surface area contributed by atoms with E-state index in [0.29, 0.717) is 6.42 Å². The van der Waals surface area contributed by atoms with Crippen molar-refractivity contribution in [2.24, 2.45) is 5.10 Å². The molecule has 0 radical (unpaired) electrons. The van der Waals surface area contributed by atoms with Gasteiger partial charge in [0.25, 0.3) is 0 Å². The summed E-state index contributed by atoms with van der Waals surface area (Å²) < 4.78 is 0. The van der Waals surface area contributed by atoms with Gasteiger partial charge in [-0.15, -0.1) is 11.3 Å². The molecular formula is C13H20N2OS. The zero-order chi connectivity index (χ0) is 12.3. The molecule has 0 bridgehead atoms. The topological polar surface area (TPSA) is 41.5 Å². The number of nitrogens with zero attached hydrogens (tertiary/aromatic N) is 1. The molecule has 3 nitrogen and oxygen atoms in total. The van der Waals surface area contributed by atoms with Gasteiger partial charge in [-0.1, -0.05) is 38.7 Å². The number of unbranched alkanes of at least 4 members (excludes halogenated alkanes) is 4. The highest BCUT2D eigenvalue weighted by Crippen LogP contribution is 2.05. The number of rotatable bonds is 8. The third-order valence-corrected chi connectivity index (χ3v) is 3.24. The van der Waals surface area contributed by atoms with E-state index in [2.05, 4.69) is 17.5 Å². The van der Waals surface area contributed by atoms with Crippen molar-refractivity contribution in [3.63, 3.8) is 0 Å². The molecule has 0 aliphatic carbocycles. The molecular weight excluding hydrogens is 232 g/mol. The molecule has 0 saturated heterocycles. The molecule has 0 atom stereocenters. The van der Waals surface area contributed by atoms with Gasteiger partial charge in [-0.3, -0.25) is 4.79 Å². The Balaban J connectivity index is 2.05. The molecule has 0 saturated carbocycles. The molecule has 94 valence electrons. The quantitative estimate of drug-likeness (QED) is 0.429. The lowest BCUT2D eigenvalue weighted by Crippen LogP contribution is -2.16. The lowest BCUT2D eigenvalue weighted by molar-refractivity contribution is -0.121. The van der Waals surface area contributed by atoms with Crippen LogP contribution in [0, 0.1) is 0 Å². The molecule has 0 fully saturated rings. The fourth-order valence-corrected chi connectivity index (χ4v) is 2.06. The lowest BCUT2D eigenvalue weighted by Gasteiger charge is -1.99. The minimum atomic E-state index is 0.00862. The van der Waals surface area contributed by atoms with E-state index < -0.39 is 0 Å². The van der Waals surface area contributed by atoms with Gasteiger partial charge in [-0.2, -0.15) is 5.10 Å². The van der Waals surface area contributed by atoms with Gasteiger partial charge >= 0.3 is 0 Å². The second-order valence-corrected chi connectivity index (χ2v) is 4.95. The van der Waals surface area contributed by atoms with Crippen molar-refractivity contribution in [1.29, 1.82) is 0 Å². The van der Waals surface area contributed by atoms with Crippen LogP contribution in [0.25, 0.3) is 0 Å². The first-order valence-corrected chi connectivity index (χ1v) is 7.06. The smallest absolute Gasteiger partial charge is 0.240 e. The fraction of sp³-hybridized carbons (Fsp3) is 0.538. The summed E-state index contributed by atoms with van der Waals surface area (Å²) >= 11 is 1.60. The Labute approximate surface area is 107 Å². The van der Waals surface area contributed by atoms with Crippen LogP contribution in [-0.2, 0) is 4.79 Å². The van der Waals surface area contributed by atoms with Crippen LogP contribution in [0.3, 0.4) is 0 Å². The Morgan fingerprint density at radius 3 is 2.94 bits per heavy atom. The maximum Gasteiger partial charge on any atom is 0.240 e. The highest BCUT2D eigenvalue weighted by atomic mass is 32.1. The molecule has 1 N–H and O–H groups in total. The summed E-state index contributed by atoms with van der Waals surface area (Å²) in [5.74, 6) is 0.00862. The highest BCUT2D eigenvalue weighted by molar-refractivity contribution is 7.11. The molecule has 0 spiro atoms. The molecule has 1 amide bonds. The van der Waals surface area contributed by atoms with E-state index in [-0.39, 0.29) is 5.91 Å². The van der Waals surface area contributed by atoms with E-state index in [0.717, 1.165) is 17.7 Å². The molecule has 1 aromatic rings. The summed E-state index contributed by atoms with van der Waals surface area (Å²) in [5.41, 5.74) is 2.55. The predicted molar refractivity (Wildman–Crippen MR) is 73.4 cm³/mol. The minimum Gasteiger partial charge on any atom is -0.273 e. The third-order valence-electron chi connectivity index (χ3n) is 2.43. The monoisotopic (exact) mass is 252 g/mol. The molecule has 0 aliphatic rings. The third kappa shape index (κ3) is 6.89. The first-order valence-electron chi connectivity index (χ1n) is 6.18. The van der Waals surface area contributed by atoms with Crippen molar-refractivity contribution in [1.82, 2.24) is 5.43 Å². The second-order valence-electron chi connectivity index (χ2n) is 3.97. The lowest BCUT2D eigenvalue weighted by atomic mass is 10.1. The molecule has 4 heteroatoms. The summed E-state index contributed by atoms with van der Waals surface area (Å²) in [6.07, 6.45) is 8.07. The summed E-state index contributed by atoms with van der Waals surface area (Å²) in [6.45, 7) is 2.19. The molecule has 0 aliphatic heterocycles. The van der Waals surface area contributed by atoms with Gasteiger partial charge in [-0.05, 0) is 17.9 Å². The van der Waals surface area contributed by atoms with E-state index >= 15 is 0 Å². The van der Waals surface area contributed by atoms with Crippen LogP contribution in [0.5, 0.6) is 0 Å². The normalized spacial score (nSPS) is 10.9. The van der Waals surface area contributed by atoms with Crippen molar-refractivity contribution in [2.75, 3.05) is 0 Å². The van der Waals surface area contributed by atoms with Gasteiger partial charge in [0.2, 0.25) is 5.91 Å². The van der Waals surface area contributed by atoms with Crippen LogP contribution in [0.1, 0.15) is 50.3 Å². The molecule has 0 aromatic carbocycles. The van der Waals surface area contributed by atoms with Crippen molar-refractivity contribution in [3.8, 4) is 0 Å². The summed E-state index contributed by atoms with van der Waals surface area (Å²) in [4.78, 5) is 12.4. The van der Waals surface area contributed by atoms with Crippen LogP contribution >= 0.6 is 11.3 Å². The van der Waals surface area contributed by atoms with Gasteiger partial charge in [0.1, 0.15) is 0 Å². The molecule has 1 aromatic heterocycles. The molecule has 17 heavy (non-hydrogen) atoms. The number of carbonyl (C=O) groups excluding carboxylic acids is 1. The van der Waals surface area contributed by atoms with Crippen LogP contribution in [0.4, 0.5) is 0 Å². The SMILES string of the molecule is CCCCCCCC(=O)N/N=C/c1cccs1. The van der Waals surface area contributed by atoms with Crippen molar-refractivity contribution >= 4 is 23.5 Å². The average molecular weight is 252 g/mol. The van der Waals surface area contributed by atoms with Crippen molar-refractivity contribution < 1.29 is 4.79 Å². The number of nitrogens with one attached hydrogen (secondary N) is 1. The molecule has 0 unspecified atom stereocenters. The van der Waals surface area contributed by atoms with Gasteiger partial charge < -0.3 is 0 Å². The number of carbonyl (C=O) groups is 1. The highest BCUT2D eigenvalue weighted by Gasteiger charge is 1.98. The maximum absolute atomic E-state index is 11.4. The van der Waals surface area contributed by atoms with Crippen LogP contribution in [0.15, 0.2) is 22.6 Å². The largest absolute Gasteiger partial charge is 0.273 e. The minimum absolute atomic E-state index is 0.00862. The van der Waals surface area contributed by atoms with Crippen LogP contribution in [0.2, 0.25) is 0 Å². The average Bonchev–Trinajstić information content (AvgIpc) is 2.82. The predicted octanol–water partition coefficient (Wildman–Crippen LogP) is 3.56. The fourth-order valence-electron chi connectivity index (χ4n) is 1.48. The van der Waals surface area contributed by atoms with Crippen molar-refractivity contribution in [3.05, 3.63) is 22.4 Å². The zero-order valence-corrected chi connectivity index (χ0v) is 11.1. The first-order chi connectivity index (χ1) is 8.33. The Morgan fingerprint density at radius 1 is 1.41 bits per heavy atom. The van der Waals surface area contributed by atoms with E-state index in [1.54, 1.807) is 17.6 Å². The first kappa shape index (κ1) is 13.9. The van der Waals surface area contributed by atoms with E-state index in [1.165, 1.54) is 19.3 Å². The Hall–Kier alpha value is -1.16.